The number of carbonyl (C=O) groups excluding carboxylic acids is 1. The molecule has 2 aromatic heterocycles. The lowest BCUT2D eigenvalue weighted by Gasteiger charge is -1.96. The Morgan fingerprint density at radius 2 is 1.04 bits per heavy atom. The Kier molecular flexibility index (Phi) is 3.89. The van der Waals surface area contributed by atoms with Gasteiger partial charge >= 0.3 is 0 Å². The average molecular weight is 390 g/mol. The van der Waals surface area contributed by atoms with Gasteiger partial charge in [0, 0.05) is 10.8 Å². The Hall–Kier alpha value is -2.91. The van der Waals surface area contributed by atoms with Crippen molar-refractivity contribution in [1.29, 1.82) is 0 Å². The lowest BCUT2D eigenvalue weighted by atomic mass is 10.2. The molecule has 26 heavy (non-hydrogen) atoms. The molecular formula is C17H10O7S2. The van der Waals surface area contributed by atoms with E-state index in [9.17, 15) is 21.6 Å². The molecule has 2 aromatic carbocycles. The van der Waals surface area contributed by atoms with Crippen LogP contribution in [0.2, 0.25) is 0 Å². The molecule has 0 radical (unpaired) electrons. The van der Waals surface area contributed by atoms with E-state index < -0.39 is 38.7 Å². The Balaban J connectivity index is 2.03. The second-order valence-electron chi connectivity index (χ2n) is 5.40. The van der Waals surface area contributed by atoms with Gasteiger partial charge in [-0.05, 0) is 24.3 Å². The molecule has 0 N–H and O–H groups in total. The van der Waals surface area contributed by atoms with Crippen LogP contribution in [0.5, 0.6) is 0 Å². The second-order valence-corrected chi connectivity index (χ2v) is 7.32. The number of fused-ring (bicyclic) bond motifs is 2. The maximum atomic E-state index is 12.9. The van der Waals surface area contributed by atoms with Gasteiger partial charge < -0.3 is 8.83 Å². The highest BCUT2D eigenvalue weighted by molar-refractivity contribution is 7.73. The largest absolute Gasteiger partial charge is 0.451 e. The summed E-state index contributed by atoms with van der Waals surface area (Å²) < 4.78 is 57.6. The van der Waals surface area contributed by atoms with E-state index in [1.54, 1.807) is 24.3 Å². The first-order chi connectivity index (χ1) is 12.5. The number of ketones is 1. The molecule has 0 fully saturated rings. The number of furan rings is 2. The number of benzene rings is 2. The molecule has 9 heteroatoms. The number of hydrogen-bond donors (Lipinski definition) is 2. The summed E-state index contributed by atoms with van der Waals surface area (Å²) in [6.07, 6.45) is 0. The summed E-state index contributed by atoms with van der Waals surface area (Å²) in [5.74, 6) is -1.89. The molecule has 7 nitrogen and oxygen atoms in total. The van der Waals surface area contributed by atoms with Crippen LogP contribution in [-0.4, -0.2) is 22.6 Å². The highest BCUT2D eigenvalue weighted by Crippen LogP contribution is 2.33. The Morgan fingerprint density at radius 3 is 1.42 bits per heavy atom. The van der Waals surface area contributed by atoms with Gasteiger partial charge in [0.1, 0.15) is 21.0 Å². The fourth-order valence-corrected chi connectivity index (χ4v) is 4.23. The predicted octanol–water partition coefficient (Wildman–Crippen LogP) is 2.35. The van der Waals surface area contributed by atoms with Gasteiger partial charge in [-0.1, -0.05) is 24.3 Å². The normalized spacial score (nSPS) is 11.8. The molecule has 2 heterocycles. The number of thiol groups is 2. The van der Waals surface area contributed by atoms with Crippen LogP contribution in [0.4, 0.5) is 0 Å². The first kappa shape index (κ1) is 16.6. The number of carbonyl (C=O) groups is 1. The maximum absolute atomic E-state index is 12.9. The number of rotatable bonds is 4. The van der Waals surface area contributed by atoms with Gasteiger partial charge in [-0.2, -0.15) is 0 Å². The molecule has 0 amide bonds. The third-order valence-corrected chi connectivity index (χ3v) is 5.53. The van der Waals surface area contributed by atoms with E-state index in [1.165, 1.54) is 24.3 Å². The molecule has 132 valence electrons. The van der Waals surface area contributed by atoms with Crippen molar-refractivity contribution < 1.29 is 30.5 Å². The van der Waals surface area contributed by atoms with Crippen LogP contribution < -0.4 is 0 Å². The molecular weight excluding hydrogens is 380 g/mol. The SMILES string of the molecule is O=C(c1oc2ccccc2c1[SH](=O)=O)c1oc2ccccc2c1[SH](=O)=O. The van der Waals surface area contributed by atoms with Crippen LogP contribution in [0.15, 0.2) is 67.2 Å². The van der Waals surface area contributed by atoms with Crippen LogP contribution in [-0.2, 0) is 21.4 Å². The van der Waals surface area contributed by atoms with Crippen molar-refractivity contribution in [2.45, 2.75) is 9.79 Å². The van der Waals surface area contributed by atoms with E-state index >= 15 is 0 Å². The van der Waals surface area contributed by atoms with E-state index in [1.807, 2.05) is 0 Å². The van der Waals surface area contributed by atoms with Crippen molar-refractivity contribution in [2.24, 2.45) is 0 Å². The fourth-order valence-electron chi connectivity index (χ4n) is 2.84. The van der Waals surface area contributed by atoms with Crippen LogP contribution >= 0.6 is 0 Å². The van der Waals surface area contributed by atoms with Gasteiger partial charge in [-0.25, -0.2) is 16.8 Å². The molecule has 0 bridgehead atoms. The average Bonchev–Trinajstić information content (AvgIpc) is 3.19. The lowest BCUT2D eigenvalue weighted by Crippen LogP contribution is -2.04. The minimum absolute atomic E-state index is 0.203. The molecule has 0 aliphatic heterocycles. The zero-order valence-electron chi connectivity index (χ0n) is 12.9. The highest BCUT2D eigenvalue weighted by Gasteiger charge is 2.30. The van der Waals surface area contributed by atoms with Crippen LogP contribution in [0.25, 0.3) is 21.9 Å². The van der Waals surface area contributed by atoms with E-state index in [0.717, 1.165) is 0 Å². The minimum Gasteiger partial charge on any atom is -0.451 e. The van der Waals surface area contributed by atoms with Gasteiger partial charge in [0.15, 0.2) is 32.9 Å². The molecule has 0 atom stereocenters. The summed E-state index contributed by atoms with van der Waals surface area (Å²) in [4.78, 5) is 12.3. The first-order valence-corrected chi connectivity index (χ1v) is 9.71. The summed E-state index contributed by atoms with van der Waals surface area (Å²) in [6, 6.07) is 12.5. The zero-order valence-corrected chi connectivity index (χ0v) is 14.7. The Bertz CT molecular complexity index is 1220. The first-order valence-electron chi connectivity index (χ1n) is 7.35. The van der Waals surface area contributed by atoms with Gasteiger partial charge in [0.2, 0.25) is 0 Å². The van der Waals surface area contributed by atoms with E-state index in [2.05, 4.69) is 0 Å². The molecule has 0 aliphatic rings. The molecule has 0 saturated carbocycles. The quantitative estimate of drug-likeness (QED) is 0.406. The lowest BCUT2D eigenvalue weighted by molar-refractivity contribution is 0.0979. The van der Waals surface area contributed by atoms with Crippen LogP contribution in [0.1, 0.15) is 16.3 Å². The van der Waals surface area contributed by atoms with Gasteiger partial charge in [0.05, 0.1) is 0 Å². The van der Waals surface area contributed by atoms with Crippen molar-refractivity contribution >= 4 is 49.1 Å². The van der Waals surface area contributed by atoms with Crippen LogP contribution in [0, 0.1) is 0 Å². The van der Waals surface area contributed by atoms with Crippen LogP contribution in [0.3, 0.4) is 0 Å². The topological polar surface area (TPSA) is 112 Å². The summed E-state index contributed by atoms with van der Waals surface area (Å²) in [5.41, 5.74) is 0.406. The fraction of sp³-hybridized carbons (Fsp3) is 0. The third kappa shape index (κ3) is 2.44. The van der Waals surface area contributed by atoms with Gasteiger partial charge in [-0.15, -0.1) is 0 Å². The summed E-state index contributed by atoms with van der Waals surface area (Å²) >= 11 is 0. The van der Waals surface area contributed by atoms with E-state index in [-0.39, 0.29) is 31.7 Å². The third-order valence-electron chi connectivity index (χ3n) is 3.92. The maximum Gasteiger partial charge on any atom is 0.266 e. The van der Waals surface area contributed by atoms with Crippen molar-refractivity contribution in [2.75, 3.05) is 0 Å². The molecule has 0 aliphatic carbocycles. The van der Waals surface area contributed by atoms with Crippen molar-refractivity contribution in [3.63, 3.8) is 0 Å². The summed E-state index contributed by atoms with van der Waals surface area (Å²) in [5, 5.41) is 0.493. The predicted molar refractivity (Wildman–Crippen MR) is 93.0 cm³/mol. The van der Waals surface area contributed by atoms with Crippen molar-refractivity contribution in [1.82, 2.24) is 0 Å². The standard InChI is InChI=1S/C17H10O7S2/c18-13(14-16(25(19)20)9-5-1-3-7-11(9)23-14)15-17(26(21)22)10-6-2-4-8-12(10)24-15/h1-8,25-26H. The molecule has 0 spiro atoms. The minimum atomic E-state index is -3.16. The van der Waals surface area contributed by atoms with Crippen molar-refractivity contribution in [3.8, 4) is 0 Å². The van der Waals surface area contributed by atoms with E-state index in [0.29, 0.717) is 0 Å². The van der Waals surface area contributed by atoms with Gasteiger partial charge in [-0.3, -0.25) is 4.79 Å². The number of hydrogen-bond acceptors (Lipinski definition) is 7. The Labute approximate surface area is 149 Å². The van der Waals surface area contributed by atoms with E-state index in [4.69, 9.17) is 8.83 Å². The molecule has 4 rings (SSSR count). The van der Waals surface area contributed by atoms with Crippen molar-refractivity contribution in [3.05, 3.63) is 60.1 Å². The summed E-state index contributed by atoms with van der Waals surface area (Å²) in [7, 11) is -6.32. The summed E-state index contributed by atoms with van der Waals surface area (Å²) in [6.45, 7) is 0. The second kappa shape index (κ2) is 6.11. The highest BCUT2D eigenvalue weighted by atomic mass is 32.2. The monoisotopic (exact) mass is 390 g/mol. The molecule has 0 saturated heterocycles. The van der Waals surface area contributed by atoms with Gasteiger partial charge in [0.25, 0.3) is 5.78 Å². The number of para-hydroxylation sites is 2. The zero-order chi connectivity index (χ0) is 18.4. The smallest absolute Gasteiger partial charge is 0.266 e. The molecule has 4 aromatic rings. The Morgan fingerprint density at radius 1 is 0.654 bits per heavy atom. The molecule has 0 unspecified atom stereocenters.